The lowest BCUT2D eigenvalue weighted by molar-refractivity contribution is -0.153. The lowest BCUT2D eigenvalue weighted by Gasteiger charge is -2.19. The van der Waals surface area contributed by atoms with Crippen molar-refractivity contribution >= 4 is 59.2 Å². The molecule has 0 spiro atoms. The lowest BCUT2D eigenvalue weighted by Crippen LogP contribution is -2.24. The number of nitrogens with two attached hydrogens (primary N) is 1. The molecule has 2 aromatic carbocycles. The number of nitrogen functional groups attached to an aromatic ring is 1. The van der Waals surface area contributed by atoms with Crippen LogP contribution in [0, 0.1) is 0 Å². The van der Waals surface area contributed by atoms with E-state index in [1.54, 1.807) is 24.8 Å². The van der Waals surface area contributed by atoms with E-state index in [1.165, 1.54) is 0 Å². The molecule has 0 amide bonds. The van der Waals surface area contributed by atoms with E-state index in [0.717, 1.165) is 28.1 Å². The number of carbonyl (C=O) groups is 1. The van der Waals surface area contributed by atoms with Gasteiger partial charge in [-0.2, -0.15) is 29.9 Å². The molecule has 6 N–H and O–H groups in total. The molecule has 0 unspecified atom stereocenters. The highest BCUT2D eigenvalue weighted by molar-refractivity contribution is 5.85. The van der Waals surface area contributed by atoms with E-state index < -0.39 is 5.60 Å². The van der Waals surface area contributed by atoms with Crippen LogP contribution in [0.15, 0.2) is 97.6 Å². The average molecular weight is 778 g/mol. The Hall–Kier alpha value is -6.48. The number of ether oxygens (including phenoxy) is 1. The Morgan fingerprint density at radius 2 is 1.09 bits per heavy atom. The summed E-state index contributed by atoms with van der Waals surface area (Å²) >= 11 is 0. The molecule has 0 aliphatic carbocycles. The third-order valence-electron chi connectivity index (χ3n) is 7.08. The van der Waals surface area contributed by atoms with E-state index >= 15 is 0 Å². The van der Waals surface area contributed by atoms with Crippen LogP contribution in [0.25, 0.3) is 22.8 Å². The maximum atomic E-state index is 12.2. The molecular formula is C40H48ClN13O2. The van der Waals surface area contributed by atoms with Gasteiger partial charge < -0.3 is 31.7 Å². The molecule has 0 radical (unpaired) electrons. The van der Waals surface area contributed by atoms with Gasteiger partial charge in [-0.15, -0.1) is 12.4 Å². The number of anilines is 7. The summed E-state index contributed by atoms with van der Waals surface area (Å²) in [6, 6.07) is 22.7. The molecule has 0 bridgehead atoms. The largest absolute Gasteiger partial charge is 0.460 e. The van der Waals surface area contributed by atoms with Crippen molar-refractivity contribution in [2.75, 3.05) is 27.0 Å². The number of benzene rings is 2. The van der Waals surface area contributed by atoms with Crippen LogP contribution in [0.2, 0.25) is 0 Å². The number of nitrogens with zero attached hydrogens (tertiary/aromatic N) is 8. The minimum atomic E-state index is -0.520. The van der Waals surface area contributed by atoms with Gasteiger partial charge in [-0.3, -0.25) is 14.8 Å². The molecule has 0 aliphatic rings. The Bertz CT molecular complexity index is 2170. The van der Waals surface area contributed by atoms with E-state index in [9.17, 15) is 4.79 Å². The third-order valence-corrected chi connectivity index (χ3v) is 7.08. The normalized spacial score (nSPS) is 10.8. The number of pyridine rings is 2. The second-order valence-corrected chi connectivity index (χ2v) is 14.0. The van der Waals surface area contributed by atoms with Crippen molar-refractivity contribution in [3.8, 4) is 22.8 Å². The van der Waals surface area contributed by atoms with Gasteiger partial charge in [-0.25, -0.2) is 0 Å². The summed E-state index contributed by atoms with van der Waals surface area (Å²) in [5.41, 5.74) is 10.1. The van der Waals surface area contributed by atoms with Crippen LogP contribution in [-0.4, -0.2) is 63.5 Å². The molecule has 4 heterocycles. The van der Waals surface area contributed by atoms with Crippen LogP contribution in [-0.2, 0) is 16.0 Å². The fraction of sp³-hybridized carbons (Fsp3) is 0.275. The Labute approximate surface area is 333 Å². The predicted molar refractivity (Wildman–Crippen MR) is 224 cm³/mol. The average Bonchev–Trinajstić information content (AvgIpc) is 3.11. The Morgan fingerprint density at radius 3 is 1.54 bits per heavy atom. The van der Waals surface area contributed by atoms with E-state index in [4.69, 9.17) is 10.5 Å². The van der Waals surface area contributed by atoms with Gasteiger partial charge in [0.15, 0.2) is 11.6 Å². The van der Waals surface area contributed by atoms with Crippen molar-refractivity contribution in [3.63, 3.8) is 0 Å². The zero-order valence-corrected chi connectivity index (χ0v) is 33.3. The molecule has 6 rings (SSSR count). The van der Waals surface area contributed by atoms with Crippen molar-refractivity contribution < 1.29 is 9.53 Å². The van der Waals surface area contributed by atoms with Crippen LogP contribution in [0.5, 0.6) is 0 Å². The Balaban J connectivity index is 0.000000252. The maximum Gasteiger partial charge on any atom is 0.310 e. The van der Waals surface area contributed by atoms with Crippen molar-refractivity contribution in [1.29, 1.82) is 0 Å². The summed E-state index contributed by atoms with van der Waals surface area (Å²) in [7, 11) is 0. The highest BCUT2D eigenvalue weighted by Gasteiger charge is 2.17. The van der Waals surface area contributed by atoms with Gasteiger partial charge in [0.05, 0.1) is 6.42 Å². The summed E-state index contributed by atoms with van der Waals surface area (Å²) in [5, 5.41) is 12.8. The molecular weight excluding hydrogens is 730 g/mol. The maximum absolute atomic E-state index is 12.2. The van der Waals surface area contributed by atoms with E-state index in [1.807, 2.05) is 121 Å². The summed E-state index contributed by atoms with van der Waals surface area (Å²) < 4.78 is 5.43. The highest BCUT2D eigenvalue weighted by atomic mass is 35.5. The monoisotopic (exact) mass is 777 g/mol. The molecule has 292 valence electrons. The van der Waals surface area contributed by atoms with Crippen LogP contribution in [0.1, 0.15) is 54.0 Å². The number of hydrogen-bond acceptors (Lipinski definition) is 15. The van der Waals surface area contributed by atoms with E-state index in [2.05, 4.69) is 61.1 Å². The number of halogens is 1. The quantitative estimate of drug-likeness (QED) is 0.0592. The van der Waals surface area contributed by atoms with Crippen LogP contribution >= 0.6 is 12.4 Å². The second-order valence-electron chi connectivity index (χ2n) is 14.0. The minimum Gasteiger partial charge on any atom is -0.460 e. The standard InChI is InChI=1S/C23H28N6O2.C17H19N7.ClH/c1-15(2)25-21-27-20(28-22(29-21)26-18-9-11-24-12-10-18)17-8-6-7-16(13-17)14-19(30)31-23(3,4)5;1-11(2)20-16-22-15(12-4-3-5-13(18)10-12)23-17(24-16)21-14-6-8-19-9-7-14;/h6-13,15H,14H2,1-5H3,(H2,24,25,26,27,28,29);3-11H,18H2,1-2H3,(H2,19,20,21,22,23,24);1H. The number of hydrogen-bond donors (Lipinski definition) is 5. The Kier molecular flexibility index (Phi) is 14.9. The predicted octanol–water partition coefficient (Wildman–Crippen LogP) is 7.88. The van der Waals surface area contributed by atoms with Crippen LogP contribution in [0.3, 0.4) is 0 Å². The smallest absolute Gasteiger partial charge is 0.310 e. The number of rotatable bonds is 12. The molecule has 0 atom stereocenters. The first-order valence-electron chi connectivity index (χ1n) is 17.8. The number of esters is 1. The second kappa shape index (κ2) is 19.7. The first-order chi connectivity index (χ1) is 26.3. The molecule has 16 heteroatoms. The van der Waals surface area contributed by atoms with Crippen molar-refractivity contribution in [2.24, 2.45) is 0 Å². The first kappa shape index (κ1) is 42.3. The number of carbonyl (C=O) groups excluding carboxylic acids is 1. The topological polar surface area (TPSA) is 204 Å². The fourth-order valence-corrected chi connectivity index (χ4v) is 4.94. The lowest BCUT2D eigenvalue weighted by atomic mass is 10.1. The highest BCUT2D eigenvalue weighted by Crippen LogP contribution is 2.24. The summed E-state index contributed by atoms with van der Waals surface area (Å²) in [5.74, 6) is 2.62. The van der Waals surface area contributed by atoms with Crippen LogP contribution < -0.4 is 27.0 Å². The van der Waals surface area contributed by atoms with Gasteiger partial charge in [0.1, 0.15) is 5.60 Å². The molecule has 0 aliphatic heterocycles. The van der Waals surface area contributed by atoms with Gasteiger partial charge in [0.25, 0.3) is 0 Å². The molecule has 4 aromatic heterocycles. The van der Waals surface area contributed by atoms with Gasteiger partial charge in [0, 0.05) is 65.1 Å². The summed E-state index contributed by atoms with van der Waals surface area (Å²) in [4.78, 5) is 47.3. The third kappa shape index (κ3) is 13.7. The minimum absolute atomic E-state index is 0. The van der Waals surface area contributed by atoms with Crippen molar-refractivity contribution in [2.45, 2.75) is 72.6 Å². The molecule has 15 nitrogen and oxygen atoms in total. The van der Waals surface area contributed by atoms with E-state index in [0.29, 0.717) is 41.1 Å². The molecule has 0 saturated carbocycles. The van der Waals surface area contributed by atoms with Crippen molar-refractivity contribution in [3.05, 3.63) is 103 Å². The van der Waals surface area contributed by atoms with Crippen LogP contribution in [0.4, 0.5) is 40.9 Å². The number of aromatic nitrogens is 8. The molecule has 0 saturated heterocycles. The first-order valence-corrected chi connectivity index (χ1v) is 17.8. The SMILES string of the molecule is CC(C)Nc1nc(Nc2ccncc2)nc(-c2cccc(CC(=O)OC(C)(C)C)c2)n1.CC(C)Nc1nc(Nc2ccncc2)nc(-c2cccc(N)c2)n1.Cl. The fourth-order valence-electron chi connectivity index (χ4n) is 4.94. The van der Waals surface area contributed by atoms with Gasteiger partial charge in [-0.05, 0) is 96.5 Å². The number of nitrogens with one attached hydrogen (secondary N) is 4. The van der Waals surface area contributed by atoms with E-state index in [-0.39, 0.29) is 36.9 Å². The van der Waals surface area contributed by atoms with Gasteiger partial charge in [0.2, 0.25) is 23.8 Å². The van der Waals surface area contributed by atoms with Gasteiger partial charge >= 0.3 is 5.97 Å². The zero-order valence-electron chi connectivity index (χ0n) is 32.5. The van der Waals surface area contributed by atoms with Gasteiger partial charge in [-0.1, -0.05) is 30.3 Å². The van der Waals surface area contributed by atoms with Crippen molar-refractivity contribution in [1.82, 2.24) is 39.9 Å². The molecule has 56 heavy (non-hydrogen) atoms. The molecule has 6 aromatic rings. The Morgan fingerprint density at radius 1 is 0.643 bits per heavy atom. The molecule has 0 fully saturated rings. The summed E-state index contributed by atoms with van der Waals surface area (Å²) in [6.45, 7) is 13.6. The summed E-state index contributed by atoms with van der Waals surface area (Å²) in [6.07, 6.45) is 6.97. The zero-order chi connectivity index (χ0) is 39.4.